The number of urea groups is 1. The van der Waals surface area contributed by atoms with Gasteiger partial charge < -0.3 is 15.4 Å². The fraction of sp³-hybridized carbons (Fsp3) is 0.100. The van der Waals surface area contributed by atoms with Crippen molar-refractivity contribution in [2.45, 2.75) is 13.0 Å². The average molecular weight is 351 g/mol. The first-order valence-corrected chi connectivity index (χ1v) is 8.12. The van der Waals surface area contributed by atoms with Gasteiger partial charge in [0.25, 0.3) is 0 Å². The van der Waals surface area contributed by atoms with Crippen LogP contribution in [0.4, 0.5) is 14.9 Å². The monoisotopic (exact) mass is 351 g/mol. The molecular formula is C20H18FN3O2. The van der Waals surface area contributed by atoms with Crippen molar-refractivity contribution >= 4 is 11.7 Å². The number of halogens is 1. The van der Waals surface area contributed by atoms with Crippen molar-refractivity contribution in [1.29, 1.82) is 0 Å². The zero-order valence-corrected chi connectivity index (χ0v) is 14.1. The summed E-state index contributed by atoms with van der Waals surface area (Å²) >= 11 is 0. The predicted molar refractivity (Wildman–Crippen MR) is 97.7 cm³/mol. The van der Waals surface area contributed by atoms with Crippen LogP contribution in [0.2, 0.25) is 0 Å². The molecule has 0 aliphatic carbocycles. The van der Waals surface area contributed by atoms with Gasteiger partial charge in [-0.15, -0.1) is 0 Å². The van der Waals surface area contributed by atoms with E-state index in [4.69, 9.17) is 4.74 Å². The smallest absolute Gasteiger partial charge is 0.319 e. The van der Waals surface area contributed by atoms with Crippen molar-refractivity contribution in [3.05, 3.63) is 84.3 Å². The number of hydrogen-bond acceptors (Lipinski definition) is 3. The Labute approximate surface area is 150 Å². The van der Waals surface area contributed by atoms with Crippen LogP contribution in [0.15, 0.2) is 72.9 Å². The quantitative estimate of drug-likeness (QED) is 0.687. The molecule has 2 aromatic carbocycles. The van der Waals surface area contributed by atoms with Gasteiger partial charge in [-0.1, -0.05) is 30.3 Å². The molecule has 1 unspecified atom stereocenters. The second-order valence-electron chi connectivity index (χ2n) is 5.67. The molecule has 0 saturated carbocycles. The van der Waals surface area contributed by atoms with Gasteiger partial charge in [-0.05, 0) is 42.8 Å². The van der Waals surface area contributed by atoms with E-state index in [-0.39, 0.29) is 17.9 Å². The minimum atomic E-state index is -0.333. The number of amides is 2. The topological polar surface area (TPSA) is 63.2 Å². The Bertz CT molecular complexity index is 852. The van der Waals surface area contributed by atoms with Crippen LogP contribution in [0.5, 0.6) is 11.6 Å². The lowest BCUT2D eigenvalue weighted by atomic mass is 10.1. The molecule has 2 N–H and O–H groups in total. The number of nitrogens with zero attached hydrogens (tertiary/aromatic N) is 1. The molecule has 5 nitrogen and oxygen atoms in total. The molecule has 3 aromatic rings. The standard InChI is InChI=1S/C20H18FN3O2/c1-14(15-5-3-2-4-6-15)23-20(25)24-17-9-12-19(22-13-17)26-18-10-7-16(21)8-11-18/h2-14H,1H3,(H2,23,24,25). The van der Waals surface area contributed by atoms with Crippen molar-refractivity contribution < 1.29 is 13.9 Å². The normalized spacial score (nSPS) is 11.5. The highest BCUT2D eigenvalue weighted by molar-refractivity contribution is 5.89. The molecule has 0 spiro atoms. The van der Waals surface area contributed by atoms with Crippen molar-refractivity contribution in [3.8, 4) is 11.6 Å². The van der Waals surface area contributed by atoms with E-state index < -0.39 is 0 Å². The largest absolute Gasteiger partial charge is 0.439 e. The van der Waals surface area contributed by atoms with Gasteiger partial charge in [0.2, 0.25) is 5.88 Å². The average Bonchev–Trinajstić information content (AvgIpc) is 2.66. The number of rotatable bonds is 5. The maximum Gasteiger partial charge on any atom is 0.319 e. The number of benzene rings is 2. The van der Waals surface area contributed by atoms with Crippen LogP contribution in [-0.2, 0) is 0 Å². The maximum atomic E-state index is 12.9. The molecule has 2 amide bonds. The minimum absolute atomic E-state index is 0.120. The zero-order valence-electron chi connectivity index (χ0n) is 14.1. The molecule has 3 rings (SSSR count). The third-order valence-electron chi connectivity index (χ3n) is 3.68. The molecule has 1 heterocycles. The number of pyridine rings is 1. The summed E-state index contributed by atoms with van der Waals surface area (Å²) in [5.74, 6) is 0.495. The van der Waals surface area contributed by atoms with Crippen LogP contribution in [0.1, 0.15) is 18.5 Å². The van der Waals surface area contributed by atoms with Gasteiger partial charge in [-0.3, -0.25) is 0 Å². The van der Waals surface area contributed by atoms with E-state index in [1.165, 1.54) is 30.5 Å². The lowest BCUT2D eigenvalue weighted by Gasteiger charge is -2.15. The Morgan fingerprint density at radius 2 is 1.77 bits per heavy atom. The van der Waals surface area contributed by atoms with E-state index in [2.05, 4.69) is 15.6 Å². The van der Waals surface area contributed by atoms with Gasteiger partial charge in [0.15, 0.2) is 0 Å². The highest BCUT2D eigenvalue weighted by atomic mass is 19.1. The second kappa shape index (κ2) is 8.11. The summed E-state index contributed by atoms with van der Waals surface area (Å²) in [6.45, 7) is 1.91. The summed E-state index contributed by atoms with van der Waals surface area (Å²) in [6.07, 6.45) is 1.49. The van der Waals surface area contributed by atoms with E-state index >= 15 is 0 Å². The Morgan fingerprint density at radius 1 is 1.04 bits per heavy atom. The number of carbonyl (C=O) groups excluding carboxylic acids is 1. The number of nitrogens with one attached hydrogen (secondary N) is 2. The van der Waals surface area contributed by atoms with E-state index in [9.17, 15) is 9.18 Å². The number of carbonyl (C=O) groups is 1. The Kier molecular flexibility index (Phi) is 5.43. The van der Waals surface area contributed by atoms with Gasteiger partial charge in [-0.25, -0.2) is 14.2 Å². The molecule has 0 aliphatic heterocycles. The van der Waals surface area contributed by atoms with E-state index in [0.29, 0.717) is 17.3 Å². The molecule has 0 radical (unpaired) electrons. The summed E-state index contributed by atoms with van der Waals surface area (Å²) in [6, 6.07) is 18.2. The number of aromatic nitrogens is 1. The summed E-state index contributed by atoms with van der Waals surface area (Å²) in [5, 5.41) is 5.58. The number of ether oxygens (including phenoxy) is 1. The highest BCUT2D eigenvalue weighted by Gasteiger charge is 2.09. The fourth-order valence-corrected chi connectivity index (χ4v) is 2.33. The highest BCUT2D eigenvalue weighted by Crippen LogP contribution is 2.20. The number of anilines is 1. The van der Waals surface area contributed by atoms with Crippen molar-refractivity contribution in [2.75, 3.05) is 5.32 Å². The van der Waals surface area contributed by atoms with Crippen molar-refractivity contribution in [2.24, 2.45) is 0 Å². The zero-order chi connectivity index (χ0) is 18.4. The van der Waals surface area contributed by atoms with Gasteiger partial charge in [0.1, 0.15) is 11.6 Å². The van der Waals surface area contributed by atoms with Crippen LogP contribution < -0.4 is 15.4 Å². The summed E-state index contributed by atoms with van der Waals surface area (Å²) in [7, 11) is 0. The summed E-state index contributed by atoms with van der Waals surface area (Å²) in [4.78, 5) is 16.2. The lowest BCUT2D eigenvalue weighted by Crippen LogP contribution is -2.31. The Morgan fingerprint density at radius 3 is 2.42 bits per heavy atom. The third kappa shape index (κ3) is 4.80. The van der Waals surface area contributed by atoms with Crippen molar-refractivity contribution in [3.63, 3.8) is 0 Å². The van der Waals surface area contributed by atoms with Crippen LogP contribution >= 0.6 is 0 Å². The number of hydrogen-bond donors (Lipinski definition) is 2. The Hall–Kier alpha value is -3.41. The van der Waals surface area contributed by atoms with Gasteiger partial charge in [0.05, 0.1) is 17.9 Å². The first-order valence-electron chi connectivity index (χ1n) is 8.12. The summed E-state index contributed by atoms with van der Waals surface area (Å²) < 4.78 is 18.4. The second-order valence-corrected chi connectivity index (χ2v) is 5.67. The van der Waals surface area contributed by atoms with Crippen LogP contribution in [0, 0.1) is 5.82 Å². The molecule has 1 aromatic heterocycles. The van der Waals surface area contributed by atoms with Gasteiger partial charge in [0, 0.05) is 6.07 Å². The van der Waals surface area contributed by atoms with Crippen LogP contribution in [0.25, 0.3) is 0 Å². The third-order valence-corrected chi connectivity index (χ3v) is 3.68. The predicted octanol–water partition coefficient (Wildman–Crippen LogP) is 4.90. The first-order chi connectivity index (χ1) is 12.6. The Balaban J connectivity index is 1.55. The molecule has 0 saturated heterocycles. The molecule has 26 heavy (non-hydrogen) atoms. The molecule has 0 fully saturated rings. The molecule has 1 atom stereocenters. The van der Waals surface area contributed by atoms with Gasteiger partial charge >= 0.3 is 6.03 Å². The van der Waals surface area contributed by atoms with Crippen LogP contribution in [-0.4, -0.2) is 11.0 Å². The van der Waals surface area contributed by atoms with Gasteiger partial charge in [-0.2, -0.15) is 0 Å². The fourth-order valence-electron chi connectivity index (χ4n) is 2.33. The molecule has 0 aliphatic rings. The first kappa shape index (κ1) is 17.4. The van der Waals surface area contributed by atoms with E-state index in [0.717, 1.165) is 5.56 Å². The van der Waals surface area contributed by atoms with Crippen molar-refractivity contribution in [1.82, 2.24) is 10.3 Å². The SMILES string of the molecule is CC(NC(=O)Nc1ccc(Oc2ccc(F)cc2)nc1)c1ccccc1. The summed E-state index contributed by atoms with van der Waals surface area (Å²) in [5.41, 5.74) is 1.55. The molecule has 132 valence electrons. The maximum absolute atomic E-state index is 12.9. The molecular weight excluding hydrogens is 333 g/mol. The van der Waals surface area contributed by atoms with E-state index in [1.807, 2.05) is 37.3 Å². The minimum Gasteiger partial charge on any atom is -0.439 e. The lowest BCUT2D eigenvalue weighted by molar-refractivity contribution is 0.249. The molecule has 6 heteroatoms. The van der Waals surface area contributed by atoms with E-state index in [1.54, 1.807) is 12.1 Å². The van der Waals surface area contributed by atoms with Crippen LogP contribution in [0.3, 0.4) is 0 Å². The molecule has 0 bridgehead atoms.